The van der Waals surface area contributed by atoms with E-state index in [2.05, 4.69) is 6.92 Å². The molecule has 0 radical (unpaired) electrons. The van der Waals surface area contributed by atoms with Gasteiger partial charge in [0, 0.05) is 0 Å². The van der Waals surface area contributed by atoms with Crippen molar-refractivity contribution >= 4 is 5.97 Å². The van der Waals surface area contributed by atoms with E-state index in [0.717, 1.165) is 18.8 Å². The Hall–Kier alpha value is -0.530. The van der Waals surface area contributed by atoms with Crippen molar-refractivity contribution in [1.82, 2.24) is 0 Å². The maximum atomic E-state index is 10.9. The summed E-state index contributed by atoms with van der Waals surface area (Å²) in [6.07, 6.45) is 5.71. The number of carboxylic acid groups (broad SMARTS) is 1. The van der Waals surface area contributed by atoms with Crippen LogP contribution < -0.4 is 0 Å². The van der Waals surface area contributed by atoms with Crippen LogP contribution in [0.25, 0.3) is 0 Å². The average Bonchev–Trinajstić information content (AvgIpc) is 2.01. The van der Waals surface area contributed by atoms with Gasteiger partial charge in [0.25, 0.3) is 0 Å². The lowest BCUT2D eigenvalue weighted by Crippen LogP contribution is -2.33. The molecule has 0 aromatic carbocycles. The number of aliphatic carboxylic acids is 1. The lowest BCUT2D eigenvalue weighted by atomic mass is 9.65. The van der Waals surface area contributed by atoms with E-state index >= 15 is 0 Å². The highest BCUT2D eigenvalue weighted by atomic mass is 16.4. The van der Waals surface area contributed by atoms with E-state index in [1.54, 1.807) is 0 Å². The number of hydrogen-bond donors (Lipinski definition) is 1. The first kappa shape index (κ1) is 9.04. The molecular weight excluding hydrogens is 164 g/mol. The maximum Gasteiger partial charge on any atom is 0.306 e. The minimum atomic E-state index is -0.566. The van der Waals surface area contributed by atoms with E-state index in [4.69, 9.17) is 5.11 Å². The summed E-state index contributed by atoms with van der Waals surface area (Å²) in [6, 6.07) is 0. The summed E-state index contributed by atoms with van der Waals surface area (Å²) in [5.74, 6) is 1.66. The quantitative estimate of drug-likeness (QED) is 0.676. The van der Waals surface area contributed by atoms with Crippen LogP contribution in [0.4, 0.5) is 0 Å². The number of fused-ring (bicyclic) bond motifs is 2. The van der Waals surface area contributed by atoms with Gasteiger partial charge in [0.05, 0.1) is 5.92 Å². The van der Waals surface area contributed by atoms with E-state index in [1.165, 1.54) is 19.3 Å². The molecule has 0 heterocycles. The van der Waals surface area contributed by atoms with E-state index in [1.807, 2.05) is 0 Å². The zero-order valence-electron chi connectivity index (χ0n) is 8.20. The molecule has 2 saturated carbocycles. The normalized spacial score (nSPS) is 44.4. The third kappa shape index (κ3) is 1.87. The van der Waals surface area contributed by atoms with Gasteiger partial charge >= 0.3 is 5.97 Å². The van der Waals surface area contributed by atoms with Crippen LogP contribution in [-0.2, 0) is 4.79 Å². The minimum absolute atomic E-state index is 0.0313. The summed E-state index contributed by atoms with van der Waals surface area (Å²) in [4.78, 5) is 10.9. The number of rotatable bonds is 1. The Kier molecular flexibility index (Phi) is 2.31. The van der Waals surface area contributed by atoms with Crippen LogP contribution in [0.1, 0.15) is 39.0 Å². The molecule has 1 N–H and O–H groups in total. The van der Waals surface area contributed by atoms with Gasteiger partial charge in [0.2, 0.25) is 0 Å². The van der Waals surface area contributed by atoms with Crippen molar-refractivity contribution in [3.05, 3.63) is 0 Å². The maximum absolute atomic E-state index is 10.9. The van der Waals surface area contributed by atoms with Gasteiger partial charge in [0.1, 0.15) is 0 Å². The molecule has 2 unspecified atom stereocenters. The second-order valence-corrected chi connectivity index (χ2v) is 5.05. The second kappa shape index (κ2) is 3.32. The van der Waals surface area contributed by atoms with Crippen molar-refractivity contribution < 1.29 is 9.90 Å². The summed E-state index contributed by atoms with van der Waals surface area (Å²) < 4.78 is 0. The lowest BCUT2D eigenvalue weighted by Gasteiger charge is -2.40. The molecule has 2 bridgehead atoms. The van der Waals surface area contributed by atoms with Gasteiger partial charge in [-0.1, -0.05) is 6.92 Å². The van der Waals surface area contributed by atoms with Crippen LogP contribution in [-0.4, -0.2) is 11.1 Å². The fraction of sp³-hybridized carbons (Fsp3) is 0.909. The molecule has 2 aliphatic carbocycles. The zero-order valence-corrected chi connectivity index (χ0v) is 8.20. The van der Waals surface area contributed by atoms with Gasteiger partial charge in [0.15, 0.2) is 0 Å². The van der Waals surface area contributed by atoms with Crippen LogP contribution in [0.15, 0.2) is 0 Å². The van der Waals surface area contributed by atoms with Crippen LogP contribution in [0.2, 0.25) is 0 Å². The van der Waals surface area contributed by atoms with Crippen molar-refractivity contribution in [3.63, 3.8) is 0 Å². The molecule has 2 rings (SSSR count). The molecular formula is C11H18O2. The highest BCUT2D eigenvalue weighted by Crippen LogP contribution is 2.44. The second-order valence-electron chi connectivity index (χ2n) is 5.05. The molecule has 2 aliphatic rings. The summed E-state index contributed by atoms with van der Waals surface area (Å²) in [6.45, 7) is 2.31. The van der Waals surface area contributed by atoms with Gasteiger partial charge in [-0.25, -0.2) is 0 Å². The van der Waals surface area contributed by atoms with Gasteiger partial charge in [-0.3, -0.25) is 4.79 Å². The van der Waals surface area contributed by atoms with Crippen molar-refractivity contribution in [1.29, 1.82) is 0 Å². The molecule has 2 nitrogen and oxygen atoms in total. The predicted octanol–water partition coefficient (Wildman–Crippen LogP) is 2.53. The third-order valence-corrected chi connectivity index (χ3v) is 3.72. The summed E-state index contributed by atoms with van der Waals surface area (Å²) >= 11 is 0. The van der Waals surface area contributed by atoms with E-state index < -0.39 is 5.97 Å². The van der Waals surface area contributed by atoms with Gasteiger partial charge in [-0.05, 0) is 49.9 Å². The van der Waals surface area contributed by atoms with E-state index in [9.17, 15) is 4.79 Å². The van der Waals surface area contributed by atoms with E-state index in [-0.39, 0.29) is 5.92 Å². The molecule has 0 aliphatic heterocycles. The van der Waals surface area contributed by atoms with Crippen LogP contribution >= 0.6 is 0 Å². The topological polar surface area (TPSA) is 37.3 Å². The lowest BCUT2D eigenvalue weighted by molar-refractivity contribution is -0.144. The summed E-state index contributed by atoms with van der Waals surface area (Å²) in [7, 11) is 0. The Bertz CT molecular complexity index is 194. The Morgan fingerprint density at radius 1 is 1.08 bits per heavy atom. The molecule has 0 spiro atoms. The molecule has 2 atom stereocenters. The Morgan fingerprint density at radius 2 is 1.62 bits per heavy atom. The molecule has 74 valence electrons. The van der Waals surface area contributed by atoms with Crippen molar-refractivity contribution in [2.24, 2.45) is 23.7 Å². The molecule has 0 amide bonds. The van der Waals surface area contributed by atoms with Gasteiger partial charge < -0.3 is 5.11 Å². The van der Waals surface area contributed by atoms with Crippen molar-refractivity contribution in [2.75, 3.05) is 0 Å². The fourth-order valence-corrected chi connectivity index (χ4v) is 3.39. The van der Waals surface area contributed by atoms with Crippen LogP contribution in [0.5, 0.6) is 0 Å². The molecule has 0 saturated heterocycles. The average molecular weight is 182 g/mol. The van der Waals surface area contributed by atoms with Gasteiger partial charge in [-0.2, -0.15) is 0 Å². The van der Waals surface area contributed by atoms with Crippen LogP contribution in [0, 0.1) is 23.7 Å². The number of hydrogen-bond acceptors (Lipinski definition) is 1. The first-order valence-corrected chi connectivity index (χ1v) is 5.38. The SMILES string of the molecule is CC1CC2CC(C1)CC(C(=O)O)C2. The summed E-state index contributed by atoms with van der Waals surface area (Å²) in [5.41, 5.74) is 0. The molecule has 0 aromatic rings. The molecule has 0 aromatic heterocycles. The smallest absolute Gasteiger partial charge is 0.306 e. The standard InChI is InChI=1S/C11H18O2/c1-7-2-8-4-9(3-7)6-10(5-8)11(12)13/h7-10H,2-6H2,1H3,(H,12,13). The molecule has 2 fully saturated rings. The minimum Gasteiger partial charge on any atom is -0.481 e. The zero-order chi connectivity index (χ0) is 9.42. The highest BCUT2D eigenvalue weighted by Gasteiger charge is 2.37. The summed E-state index contributed by atoms with van der Waals surface area (Å²) in [5, 5.41) is 8.96. The Balaban J connectivity index is 2.01. The molecule has 13 heavy (non-hydrogen) atoms. The van der Waals surface area contributed by atoms with E-state index in [0.29, 0.717) is 11.8 Å². The third-order valence-electron chi connectivity index (χ3n) is 3.72. The number of carbonyl (C=O) groups is 1. The first-order valence-electron chi connectivity index (χ1n) is 5.38. The van der Waals surface area contributed by atoms with Gasteiger partial charge in [-0.15, -0.1) is 0 Å². The predicted molar refractivity (Wildman–Crippen MR) is 50.4 cm³/mol. The van der Waals surface area contributed by atoms with Crippen molar-refractivity contribution in [2.45, 2.75) is 39.0 Å². The largest absolute Gasteiger partial charge is 0.481 e. The molecule has 2 heteroatoms. The first-order chi connectivity index (χ1) is 6.15. The van der Waals surface area contributed by atoms with Crippen molar-refractivity contribution in [3.8, 4) is 0 Å². The highest BCUT2D eigenvalue weighted by molar-refractivity contribution is 5.70. The number of carboxylic acids is 1. The monoisotopic (exact) mass is 182 g/mol. The Morgan fingerprint density at radius 3 is 2.08 bits per heavy atom. The Labute approximate surface area is 79.3 Å². The van der Waals surface area contributed by atoms with Crippen LogP contribution in [0.3, 0.4) is 0 Å². The fourth-order valence-electron chi connectivity index (χ4n) is 3.39.